The standard InChI is InChI=1S/C16H23N3/c1-12(2)13-6-7-15-16(9-13)19(11-17-15)14-5-4-8-18(3)10-14/h6-7,9,11-12,14H,4-5,8,10H2,1-3H3. The van der Waals surface area contributed by atoms with Gasteiger partial charge in [-0.2, -0.15) is 0 Å². The van der Waals surface area contributed by atoms with E-state index in [-0.39, 0.29) is 0 Å². The molecule has 2 aromatic rings. The summed E-state index contributed by atoms with van der Waals surface area (Å²) in [6, 6.07) is 7.26. The minimum absolute atomic E-state index is 0.571. The number of aromatic nitrogens is 2. The maximum absolute atomic E-state index is 4.56. The monoisotopic (exact) mass is 257 g/mol. The van der Waals surface area contributed by atoms with Gasteiger partial charge in [0.15, 0.2) is 0 Å². The van der Waals surface area contributed by atoms with Gasteiger partial charge in [0.25, 0.3) is 0 Å². The fraction of sp³-hybridized carbons (Fsp3) is 0.562. The Balaban J connectivity index is 2.00. The minimum Gasteiger partial charge on any atom is -0.326 e. The number of likely N-dealkylation sites (tertiary alicyclic amines) is 1. The molecule has 102 valence electrons. The van der Waals surface area contributed by atoms with Gasteiger partial charge in [-0.05, 0) is 50.0 Å². The lowest BCUT2D eigenvalue weighted by Crippen LogP contribution is -2.33. The zero-order valence-corrected chi connectivity index (χ0v) is 12.1. The van der Waals surface area contributed by atoms with Crippen LogP contribution in [0.5, 0.6) is 0 Å². The molecule has 0 amide bonds. The fourth-order valence-electron chi connectivity index (χ4n) is 3.06. The lowest BCUT2D eigenvalue weighted by Gasteiger charge is -2.30. The molecule has 0 N–H and O–H groups in total. The van der Waals surface area contributed by atoms with E-state index in [0.29, 0.717) is 12.0 Å². The van der Waals surface area contributed by atoms with Crippen LogP contribution >= 0.6 is 0 Å². The Kier molecular flexibility index (Phi) is 3.31. The predicted molar refractivity (Wildman–Crippen MR) is 79.6 cm³/mol. The van der Waals surface area contributed by atoms with Crippen LogP contribution in [0.15, 0.2) is 24.5 Å². The van der Waals surface area contributed by atoms with E-state index in [1.165, 1.54) is 30.5 Å². The van der Waals surface area contributed by atoms with Crippen LogP contribution in [-0.4, -0.2) is 34.6 Å². The van der Waals surface area contributed by atoms with Crippen molar-refractivity contribution in [1.82, 2.24) is 14.5 Å². The number of hydrogen-bond donors (Lipinski definition) is 0. The summed E-state index contributed by atoms with van der Waals surface area (Å²) in [7, 11) is 2.21. The second kappa shape index (κ2) is 4.97. The predicted octanol–water partition coefficient (Wildman–Crippen LogP) is 3.43. The molecule has 1 unspecified atom stereocenters. The lowest BCUT2D eigenvalue weighted by atomic mass is 10.0. The number of benzene rings is 1. The van der Waals surface area contributed by atoms with Crippen molar-refractivity contribution in [3.8, 4) is 0 Å². The number of nitrogens with zero attached hydrogens (tertiary/aromatic N) is 3. The molecule has 1 aliphatic rings. The molecule has 3 rings (SSSR count). The third kappa shape index (κ3) is 2.39. The van der Waals surface area contributed by atoms with E-state index in [2.05, 4.69) is 53.5 Å². The molecule has 3 heteroatoms. The molecule has 1 saturated heterocycles. The van der Waals surface area contributed by atoms with E-state index in [1.807, 2.05) is 6.33 Å². The number of rotatable bonds is 2. The van der Waals surface area contributed by atoms with Gasteiger partial charge in [0.05, 0.1) is 17.4 Å². The van der Waals surface area contributed by atoms with Gasteiger partial charge in [0.2, 0.25) is 0 Å². The highest BCUT2D eigenvalue weighted by atomic mass is 15.2. The van der Waals surface area contributed by atoms with Crippen LogP contribution in [0.3, 0.4) is 0 Å². The van der Waals surface area contributed by atoms with Crippen molar-refractivity contribution in [2.75, 3.05) is 20.1 Å². The molecule has 0 saturated carbocycles. The number of imidazole rings is 1. The molecular weight excluding hydrogens is 234 g/mol. The van der Waals surface area contributed by atoms with Gasteiger partial charge in [-0.25, -0.2) is 4.98 Å². The highest BCUT2D eigenvalue weighted by Crippen LogP contribution is 2.27. The molecule has 0 bridgehead atoms. The van der Waals surface area contributed by atoms with Gasteiger partial charge in [-0.1, -0.05) is 19.9 Å². The molecule has 2 heterocycles. The lowest BCUT2D eigenvalue weighted by molar-refractivity contribution is 0.214. The van der Waals surface area contributed by atoms with Gasteiger partial charge >= 0.3 is 0 Å². The topological polar surface area (TPSA) is 21.1 Å². The largest absolute Gasteiger partial charge is 0.326 e. The Morgan fingerprint density at radius 2 is 2.16 bits per heavy atom. The number of piperidine rings is 1. The van der Waals surface area contributed by atoms with Gasteiger partial charge in [-0.3, -0.25) is 0 Å². The summed E-state index contributed by atoms with van der Waals surface area (Å²) in [5.41, 5.74) is 3.82. The summed E-state index contributed by atoms with van der Waals surface area (Å²) in [6.07, 6.45) is 4.57. The maximum atomic E-state index is 4.56. The Hall–Kier alpha value is -1.35. The number of hydrogen-bond acceptors (Lipinski definition) is 2. The first-order valence-electron chi connectivity index (χ1n) is 7.30. The Morgan fingerprint density at radius 1 is 1.32 bits per heavy atom. The Morgan fingerprint density at radius 3 is 2.89 bits per heavy atom. The molecule has 0 spiro atoms. The highest BCUT2D eigenvalue weighted by Gasteiger charge is 2.20. The minimum atomic E-state index is 0.571. The first-order chi connectivity index (χ1) is 9.15. The second-order valence-electron chi connectivity index (χ2n) is 6.11. The first-order valence-corrected chi connectivity index (χ1v) is 7.30. The van der Waals surface area contributed by atoms with Gasteiger partial charge in [-0.15, -0.1) is 0 Å². The van der Waals surface area contributed by atoms with E-state index in [4.69, 9.17) is 0 Å². The normalized spacial score (nSPS) is 21.4. The van der Waals surface area contributed by atoms with E-state index >= 15 is 0 Å². The molecule has 1 atom stereocenters. The first kappa shape index (κ1) is 12.7. The SMILES string of the molecule is CC(C)c1ccc2ncn(C3CCCN(C)C3)c2c1. The molecule has 3 nitrogen and oxygen atoms in total. The molecule has 19 heavy (non-hydrogen) atoms. The molecule has 1 fully saturated rings. The van der Waals surface area contributed by atoms with Crippen molar-refractivity contribution in [2.45, 2.75) is 38.6 Å². The van der Waals surface area contributed by atoms with Crippen molar-refractivity contribution in [2.24, 2.45) is 0 Å². The van der Waals surface area contributed by atoms with Crippen LogP contribution in [0.25, 0.3) is 11.0 Å². The van der Waals surface area contributed by atoms with Crippen LogP contribution in [-0.2, 0) is 0 Å². The number of fused-ring (bicyclic) bond motifs is 1. The number of likely N-dealkylation sites (N-methyl/N-ethyl adjacent to an activating group) is 1. The molecule has 1 aliphatic heterocycles. The summed E-state index contributed by atoms with van der Waals surface area (Å²) in [4.78, 5) is 6.99. The van der Waals surface area contributed by atoms with Crippen LogP contribution in [0, 0.1) is 0 Å². The van der Waals surface area contributed by atoms with Crippen molar-refractivity contribution < 1.29 is 0 Å². The van der Waals surface area contributed by atoms with Gasteiger partial charge in [0, 0.05) is 12.6 Å². The summed E-state index contributed by atoms with van der Waals surface area (Å²) in [6.45, 7) is 6.85. The van der Waals surface area contributed by atoms with Crippen molar-refractivity contribution in [1.29, 1.82) is 0 Å². The maximum Gasteiger partial charge on any atom is 0.0961 e. The van der Waals surface area contributed by atoms with Crippen molar-refractivity contribution >= 4 is 11.0 Å². The van der Waals surface area contributed by atoms with E-state index in [9.17, 15) is 0 Å². The summed E-state index contributed by atoms with van der Waals surface area (Å²) < 4.78 is 2.39. The molecular formula is C16H23N3. The average molecular weight is 257 g/mol. The van der Waals surface area contributed by atoms with Crippen molar-refractivity contribution in [3.05, 3.63) is 30.1 Å². The summed E-state index contributed by atoms with van der Waals surface area (Å²) in [5, 5.41) is 0. The third-order valence-electron chi connectivity index (χ3n) is 4.26. The van der Waals surface area contributed by atoms with Gasteiger partial charge in [0.1, 0.15) is 0 Å². The Labute approximate surface area is 115 Å². The summed E-state index contributed by atoms with van der Waals surface area (Å²) in [5.74, 6) is 0.571. The Bertz CT molecular complexity index is 570. The van der Waals surface area contributed by atoms with Gasteiger partial charge < -0.3 is 9.47 Å². The molecule has 1 aromatic heterocycles. The zero-order valence-electron chi connectivity index (χ0n) is 12.1. The smallest absolute Gasteiger partial charge is 0.0961 e. The third-order valence-corrected chi connectivity index (χ3v) is 4.26. The summed E-state index contributed by atoms with van der Waals surface area (Å²) >= 11 is 0. The second-order valence-corrected chi connectivity index (χ2v) is 6.11. The quantitative estimate of drug-likeness (QED) is 0.822. The van der Waals surface area contributed by atoms with Crippen LogP contribution in [0.4, 0.5) is 0 Å². The average Bonchev–Trinajstić information content (AvgIpc) is 2.81. The van der Waals surface area contributed by atoms with Crippen molar-refractivity contribution in [3.63, 3.8) is 0 Å². The highest BCUT2D eigenvalue weighted by molar-refractivity contribution is 5.76. The molecule has 0 radical (unpaired) electrons. The van der Waals surface area contributed by atoms with E-state index in [1.54, 1.807) is 0 Å². The van der Waals surface area contributed by atoms with Crippen LogP contribution < -0.4 is 0 Å². The van der Waals surface area contributed by atoms with E-state index < -0.39 is 0 Å². The molecule has 1 aromatic carbocycles. The zero-order chi connectivity index (χ0) is 13.4. The molecule has 0 aliphatic carbocycles. The fourth-order valence-corrected chi connectivity index (χ4v) is 3.06. The van der Waals surface area contributed by atoms with Crippen LogP contribution in [0.1, 0.15) is 44.2 Å². The van der Waals surface area contributed by atoms with Crippen LogP contribution in [0.2, 0.25) is 0 Å². The van der Waals surface area contributed by atoms with E-state index in [0.717, 1.165) is 12.1 Å².